The van der Waals surface area contributed by atoms with Gasteiger partial charge >= 0.3 is 0 Å². The first-order valence-corrected chi connectivity index (χ1v) is 7.10. The normalized spacial score (nSPS) is 13.1. The molecule has 0 unspecified atom stereocenters. The second-order valence-electron chi connectivity index (χ2n) is 4.94. The molecule has 0 radical (unpaired) electrons. The Bertz CT molecular complexity index is 658. The van der Waals surface area contributed by atoms with E-state index in [2.05, 4.69) is 5.10 Å². The highest BCUT2D eigenvalue weighted by atomic mass is 16.5. The molecule has 0 saturated carbocycles. The van der Waals surface area contributed by atoms with Crippen LogP contribution < -0.4 is 4.74 Å². The summed E-state index contributed by atoms with van der Waals surface area (Å²) in [5.41, 5.74) is 3.46. The number of ketones is 1. The fourth-order valence-corrected chi connectivity index (χ4v) is 2.54. The van der Waals surface area contributed by atoms with E-state index in [1.54, 1.807) is 4.68 Å². The summed E-state index contributed by atoms with van der Waals surface area (Å²) in [4.78, 5) is 12.7. The maximum atomic E-state index is 12.7. The first-order valence-electron chi connectivity index (χ1n) is 7.10. The Hall–Kier alpha value is -2.10. The van der Waals surface area contributed by atoms with Crippen LogP contribution in [0.25, 0.3) is 0 Å². The summed E-state index contributed by atoms with van der Waals surface area (Å²) in [6.45, 7) is 5.46. The topological polar surface area (TPSA) is 44.1 Å². The highest BCUT2D eigenvalue weighted by molar-refractivity contribution is 6.08. The van der Waals surface area contributed by atoms with Gasteiger partial charge in [0.05, 0.1) is 12.3 Å². The molecule has 1 aliphatic rings. The maximum absolute atomic E-state index is 12.7. The monoisotopic (exact) mass is 270 g/mol. The van der Waals surface area contributed by atoms with E-state index in [9.17, 15) is 4.79 Å². The maximum Gasteiger partial charge on any atom is 0.211 e. The summed E-state index contributed by atoms with van der Waals surface area (Å²) in [6.07, 6.45) is 1.72. The fraction of sp³-hybridized carbons (Fsp3) is 0.375. The quantitative estimate of drug-likeness (QED) is 0.802. The van der Waals surface area contributed by atoms with Crippen LogP contribution in [0.4, 0.5) is 0 Å². The summed E-state index contributed by atoms with van der Waals surface area (Å²) in [6, 6.07) is 7.58. The zero-order valence-electron chi connectivity index (χ0n) is 11.8. The van der Waals surface area contributed by atoms with Gasteiger partial charge in [-0.1, -0.05) is 6.92 Å². The zero-order chi connectivity index (χ0) is 14.1. The third-order valence-electron chi connectivity index (χ3n) is 3.68. The first kappa shape index (κ1) is 12.9. The van der Waals surface area contributed by atoms with Crippen LogP contribution >= 0.6 is 0 Å². The standard InChI is InChI=1S/C16H18N2O2/c1-3-13-10-14(18(4-2)17-13)16(19)12-5-6-15-11(9-12)7-8-20-15/h5-6,9-10H,3-4,7-8H2,1-2H3. The van der Waals surface area contributed by atoms with Gasteiger partial charge < -0.3 is 4.74 Å². The van der Waals surface area contributed by atoms with E-state index in [1.807, 2.05) is 38.1 Å². The number of aryl methyl sites for hydroxylation is 2. The van der Waals surface area contributed by atoms with Gasteiger partial charge in [0.25, 0.3) is 0 Å². The van der Waals surface area contributed by atoms with Crippen molar-refractivity contribution >= 4 is 5.78 Å². The van der Waals surface area contributed by atoms with Gasteiger partial charge in [-0.05, 0) is 43.2 Å². The highest BCUT2D eigenvalue weighted by Crippen LogP contribution is 2.27. The molecule has 0 N–H and O–H groups in total. The molecule has 0 aliphatic carbocycles. The Morgan fingerprint density at radius 2 is 2.20 bits per heavy atom. The molecule has 0 amide bonds. The fourth-order valence-electron chi connectivity index (χ4n) is 2.54. The molecule has 2 heterocycles. The number of hydrogen-bond acceptors (Lipinski definition) is 3. The van der Waals surface area contributed by atoms with Gasteiger partial charge in [0.15, 0.2) is 0 Å². The predicted octanol–water partition coefficient (Wildman–Crippen LogP) is 2.63. The lowest BCUT2D eigenvalue weighted by atomic mass is 10.0. The van der Waals surface area contributed by atoms with Crippen LogP contribution in [0.3, 0.4) is 0 Å². The van der Waals surface area contributed by atoms with Crippen LogP contribution in [-0.4, -0.2) is 22.2 Å². The highest BCUT2D eigenvalue weighted by Gasteiger charge is 2.19. The Labute approximate surface area is 118 Å². The Morgan fingerprint density at radius 3 is 2.95 bits per heavy atom. The molecule has 3 rings (SSSR count). The van der Waals surface area contributed by atoms with Crippen molar-refractivity contribution in [3.8, 4) is 5.75 Å². The largest absolute Gasteiger partial charge is 0.493 e. The van der Waals surface area contributed by atoms with Gasteiger partial charge in [-0.2, -0.15) is 5.10 Å². The number of benzene rings is 1. The molecule has 20 heavy (non-hydrogen) atoms. The minimum absolute atomic E-state index is 0.0359. The van der Waals surface area contributed by atoms with E-state index in [0.717, 1.165) is 29.8 Å². The van der Waals surface area contributed by atoms with Gasteiger partial charge in [-0.15, -0.1) is 0 Å². The molecule has 0 saturated heterocycles. The van der Waals surface area contributed by atoms with Crippen molar-refractivity contribution in [2.45, 2.75) is 33.2 Å². The summed E-state index contributed by atoms with van der Waals surface area (Å²) in [5, 5.41) is 4.44. The minimum atomic E-state index is 0.0359. The Kier molecular flexibility index (Phi) is 3.30. The van der Waals surface area contributed by atoms with Crippen LogP contribution in [0, 0.1) is 0 Å². The van der Waals surface area contributed by atoms with E-state index < -0.39 is 0 Å². The number of carbonyl (C=O) groups excluding carboxylic acids is 1. The molecule has 4 heteroatoms. The number of carbonyl (C=O) groups is 1. The Balaban J connectivity index is 1.98. The molecule has 1 aromatic carbocycles. The molecule has 0 fully saturated rings. The van der Waals surface area contributed by atoms with Crippen molar-refractivity contribution < 1.29 is 9.53 Å². The van der Waals surface area contributed by atoms with Gasteiger partial charge in [0, 0.05) is 18.5 Å². The SMILES string of the molecule is CCc1cc(C(=O)c2ccc3c(c2)CCO3)n(CC)n1. The summed E-state index contributed by atoms with van der Waals surface area (Å²) in [7, 11) is 0. The van der Waals surface area contributed by atoms with E-state index in [-0.39, 0.29) is 5.78 Å². The van der Waals surface area contributed by atoms with Crippen molar-refractivity contribution in [3.05, 3.63) is 46.8 Å². The molecule has 104 valence electrons. The van der Waals surface area contributed by atoms with Crippen molar-refractivity contribution in [2.75, 3.05) is 6.61 Å². The summed E-state index contributed by atoms with van der Waals surface area (Å²) >= 11 is 0. The number of fused-ring (bicyclic) bond motifs is 1. The lowest BCUT2D eigenvalue weighted by Gasteiger charge is -2.05. The smallest absolute Gasteiger partial charge is 0.211 e. The van der Waals surface area contributed by atoms with Crippen molar-refractivity contribution in [3.63, 3.8) is 0 Å². The molecular weight excluding hydrogens is 252 g/mol. The van der Waals surface area contributed by atoms with Gasteiger partial charge in [0.1, 0.15) is 11.4 Å². The van der Waals surface area contributed by atoms with Crippen molar-refractivity contribution in [2.24, 2.45) is 0 Å². The third kappa shape index (κ3) is 2.11. The molecule has 0 bridgehead atoms. The number of aromatic nitrogens is 2. The van der Waals surface area contributed by atoms with E-state index in [0.29, 0.717) is 24.4 Å². The number of hydrogen-bond donors (Lipinski definition) is 0. The molecular formula is C16H18N2O2. The third-order valence-corrected chi connectivity index (χ3v) is 3.68. The molecule has 4 nitrogen and oxygen atoms in total. The summed E-state index contributed by atoms with van der Waals surface area (Å²) < 4.78 is 7.26. The first-order chi connectivity index (χ1) is 9.72. The zero-order valence-corrected chi connectivity index (χ0v) is 11.8. The van der Waals surface area contributed by atoms with Crippen LogP contribution in [0.15, 0.2) is 24.3 Å². The van der Waals surface area contributed by atoms with Crippen molar-refractivity contribution in [1.29, 1.82) is 0 Å². The number of nitrogens with zero attached hydrogens (tertiary/aromatic N) is 2. The average molecular weight is 270 g/mol. The van der Waals surface area contributed by atoms with E-state index >= 15 is 0 Å². The Morgan fingerprint density at radius 1 is 1.35 bits per heavy atom. The van der Waals surface area contributed by atoms with Crippen molar-refractivity contribution in [1.82, 2.24) is 9.78 Å². The van der Waals surface area contributed by atoms with Crippen LogP contribution in [0.5, 0.6) is 5.75 Å². The lowest BCUT2D eigenvalue weighted by molar-refractivity contribution is 0.102. The number of ether oxygens (including phenoxy) is 1. The summed E-state index contributed by atoms with van der Waals surface area (Å²) in [5.74, 6) is 0.938. The average Bonchev–Trinajstić information content (AvgIpc) is 3.11. The molecule has 0 atom stereocenters. The second kappa shape index (κ2) is 5.12. The number of rotatable bonds is 4. The van der Waals surface area contributed by atoms with E-state index in [1.165, 1.54) is 0 Å². The molecule has 2 aromatic rings. The molecule has 1 aliphatic heterocycles. The molecule has 0 spiro atoms. The van der Waals surface area contributed by atoms with Gasteiger partial charge in [-0.3, -0.25) is 9.48 Å². The lowest BCUT2D eigenvalue weighted by Crippen LogP contribution is -2.10. The minimum Gasteiger partial charge on any atom is -0.493 e. The predicted molar refractivity (Wildman–Crippen MR) is 76.4 cm³/mol. The van der Waals surface area contributed by atoms with Crippen LogP contribution in [0.2, 0.25) is 0 Å². The van der Waals surface area contributed by atoms with Crippen LogP contribution in [-0.2, 0) is 19.4 Å². The molecule has 1 aromatic heterocycles. The second-order valence-corrected chi connectivity index (χ2v) is 4.94. The van der Waals surface area contributed by atoms with E-state index in [4.69, 9.17) is 4.74 Å². The van der Waals surface area contributed by atoms with Gasteiger partial charge in [-0.25, -0.2) is 0 Å². The van der Waals surface area contributed by atoms with Gasteiger partial charge in [0.2, 0.25) is 5.78 Å². The van der Waals surface area contributed by atoms with Crippen LogP contribution in [0.1, 0.15) is 41.2 Å².